The van der Waals surface area contributed by atoms with Crippen LogP contribution in [0.2, 0.25) is 5.02 Å². The summed E-state index contributed by atoms with van der Waals surface area (Å²) in [7, 11) is 0. The summed E-state index contributed by atoms with van der Waals surface area (Å²) in [5.41, 5.74) is -0.685. The average molecular weight is 306 g/mol. The molecule has 0 radical (unpaired) electrons. The number of hydrogen-bond donors (Lipinski definition) is 0. The van der Waals surface area contributed by atoms with Crippen LogP contribution in [-0.2, 0) is 6.18 Å². The van der Waals surface area contributed by atoms with Crippen LogP contribution in [0.3, 0.4) is 0 Å². The minimum absolute atomic E-state index is 0.0998. The molecule has 1 rings (SSSR count). The van der Waals surface area contributed by atoms with Gasteiger partial charge in [0.05, 0.1) is 5.56 Å². The van der Waals surface area contributed by atoms with Crippen molar-refractivity contribution in [1.82, 2.24) is 0 Å². The van der Waals surface area contributed by atoms with Crippen LogP contribution in [0.4, 0.5) is 13.2 Å². The third kappa shape index (κ3) is 2.26. The Morgan fingerprint density at radius 2 is 1.83 bits per heavy atom. The summed E-state index contributed by atoms with van der Waals surface area (Å²) in [6.07, 6.45) is -4.32. The van der Waals surface area contributed by atoms with Crippen molar-refractivity contribution >= 4 is 34.2 Å². The number of hydrogen-bond acceptors (Lipinski definition) is 0. The van der Waals surface area contributed by atoms with E-state index in [2.05, 4.69) is 0 Å². The SMILES string of the molecule is FC(F)(F)c1cc(Cl)ccc1I. The monoisotopic (exact) mass is 306 g/mol. The van der Waals surface area contributed by atoms with E-state index in [9.17, 15) is 13.2 Å². The van der Waals surface area contributed by atoms with Gasteiger partial charge in [0, 0.05) is 8.59 Å². The molecule has 0 fully saturated rings. The van der Waals surface area contributed by atoms with Gasteiger partial charge in [-0.25, -0.2) is 0 Å². The molecule has 1 aromatic carbocycles. The highest BCUT2D eigenvalue weighted by Crippen LogP contribution is 2.34. The molecule has 0 saturated carbocycles. The first-order valence-corrected chi connectivity index (χ1v) is 4.39. The quantitative estimate of drug-likeness (QED) is 0.636. The van der Waals surface area contributed by atoms with E-state index in [1.54, 1.807) is 22.6 Å². The van der Waals surface area contributed by atoms with Gasteiger partial charge in [0.15, 0.2) is 0 Å². The molecule has 1 aromatic rings. The van der Waals surface area contributed by atoms with Crippen molar-refractivity contribution in [3.8, 4) is 0 Å². The second-order valence-electron chi connectivity index (χ2n) is 2.12. The summed E-state index contributed by atoms with van der Waals surface area (Å²) in [5, 5.41) is 0.0998. The second kappa shape index (κ2) is 3.41. The molecule has 0 N–H and O–H groups in total. The molecule has 0 spiro atoms. The topological polar surface area (TPSA) is 0 Å². The summed E-state index contributed by atoms with van der Waals surface area (Å²) in [6.45, 7) is 0. The first kappa shape index (κ1) is 10.1. The van der Waals surface area contributed by atoms with E-state index in [4.69, 9.17) is 11.6 Å². The Balaban J connectivity index is 3.23. The largest absolute Gasteiger partial charge is 0.417 e. The molecule has 0 bridgehead atoms. The van der Waals surface area contributed by atoms with Crippen molar-refractivity contribution in [2.75, 3.05) is 0 Å². The van der Waals surface area contributed by atoms with Crippen LogP contribution in [0.5, 0.6) is 0 Å². The van der Waals surface area contributed by atoms with Crippen molar-refractivity contribution in [2.24, 2.45) is 0 Å². The Morgan fingerprint density at radius 1 is 1.25 bits per heavy atom. The van der Waals surface area contributed by atoms with Gasteiger partial charge in [0.2, 0.25) is 0 Å². The van der Waals surface area contributed by atoms with E-state index >= 15 is 0 Å². The zero-order chi connectivity index (χ0) is 9.35. The van der Waals surface area contributed by atoms with Gasteiger partial charge in [-0.05, 0) is 40.8 Å². The fraction of sp³-hybridized carbons (Fsp3) is 0.143. The average Bonchev–Trinajstić information content (AvgIpc) is 1.92. The van der Waals surface area contributed by atoms with Crippen LogP contribution < -0.4 is 0 Å². The first-order valence-electron chi connectivity index (χ1n) is 2.93. The Labute approximate surface area is 85.9 Å². The lowest BCUT2D eigenvalue weighted by Gasteiger charge is -2.08. The van der Waals surface area contributed by atoms with Crippen LogP contribution in [-0.4, -0.2) is 0 Å². The summed E-state index contributed by atoms with van der Waals surface area (Å²) in [4.78, 5) is 0. The normalized spacial score (nSPS) is 11.8. The van der Waals surface area contributed by atoms with E-state index in [1.807, 2.05) is 0 Å². The van der Waals surface area contributed by atoms with E-state index in [1.165, 1.54) is 12.1 Å². The van der Waals surface area contributed by atoms with Crippen LogP contribution >= 0.6 is 34.2 Å². The Kier molecular flexibility index (Phi) is 2.88. The highest BCUT2D eigenvalue weighted by molar-refractivity contribution is 14.1. The number of rotatable bonds is 0. The van der Waals surface area contributed by atoms with Gasteiger partial charge in [0.1, 0.15) is 0 Å². The molecule has 0 aromatic heterocycles. The van der Waals surface area contributed by atoms with Crippen LogP contribution in [0.1, 0.15) is 5.56 Å². The van der Waals surface area contributed by atoms with E-state index in [0.29, 0.717) is 0 Å². The molecular weight excluding hydrogens is 303 g/mol. The predicted octanol–water partition coefficient (Wildman–Crippen LogP) is 3.96. The maximum Gasteiger partial charge on any atom is 0.417 e. The first-order chi connectivity index (χ1) is 5.41. The molecule has 0 atom stereocenters. The van der Waals surface area contributed by atoms with Gasteiger partial charge in [0.25, 0.3) is 0 Å². The lowest BCUT2D eigenvalue weighted by atomic mass is 10.2. The van der Waals surface area contributed by atoms with Gasteiger partial charge in [-0.3, -0.25) is 0 Å². The lowest BCUT2D eigenvalue weighted by Crippen LogP contribution is -2.06. The van der Waals surface area contributed by atoms with Crippen LogP contribution in [0.15, 0.2) is 18.2 Å². The molecular formula is C7H3ClF3I. The summed E-state index contributed by atoms with van der Waals surface area (Å²) < 4.78 is 36.7. The fourth-order valence-electron chi connectivity index (χ4n) is 0.715. The van der Waals surface area contributed by atoms with E-state index < -0.39 is 11.7 Å². The molecule has 12 heavy (non-hydrogen) atoms. The third-order valence-corrected chi connectivity index (χ3v) is 2.41. The molecule has 5 heteroatoms. The fourth-order valence-corrected chi connectivity index (χ4v) is 1.53. The molecule has 0 aliphatic heterocycles. The van der Waals surface area contributed by atoms with Gasteiger partial charge in [-0.15, -0.1) is 0 Å². The molecule has 0 aliphatic carbocycles. The van der Waals surface area contributed by atoms with Gasteiger partial charge in [-0.2, -0.15) is 13.2 Å². The Bertz CT molecular complexity index is 295. The number of benzene rings is 1. The molecule has 66 valence electrons. The van der Waals surface area contributed by atoms with Crippen molar-refractivity contribution in [3.63, 3.8) is 0 Å². The van der Waals surface area contributed by atoms with E-state index in [0.717, 1.165) is 6.07 Å². The van der Waals surface area contributed by atoms with Crippen molar-refractivity contribution < 1.29 is 13.2 Å². The maximum absolute atomic E-state index is 12.2. The molecule has 0 unspecified atom stereocenters. The zero-order valence-corrected chi connectivity index (χ0v) is 8.54. The van der Waals surface area contributed by atoms with Crippen LogP contribution in [0, 0.1) is 3.57 Å². The molecule has 0 saturated heterocycles. The summed E-state index contributed by atoms with van der Waals surface area (Å²) >= 11 is 7.04. The van der Waals surface area contributed by atoms with Gasteiger partial charge < -0.3 is 0 Å². The molecule has 0 heterocycles. The predicted molar refractivity (Wildman–Crippen MR) is 49.2 cm³/mol. The minimum Gasteiger partial charge on any atom is -0.166 e. The maximum atomic E-state index is 12.2. The highest BCUT2D eigenvalue weighted by Gasteiger charge is 2.32. The minimum atomic E-state index is -4.32. The molecule has 0 amide bonds. The Morgan fingerprint density at radius 3 is 2.25 bits per heavy atom. The third-order valence-electron chi connectivity index (χ3n) is 1.23. The van der Waals surface area contributed by atoms with Crippen molar-refractivity contribution in [2.45, 2.75) is 6.18 Å². The summed E-state index contributed by atoms with van der Waals surface area (Å²) in [6, 6.07) is 3.69. The van der Waals surface area contributed by atoms with Crippen LogP contribution in [0.25, 0.3) is 0 Å². The number of alkyl halides is 3. The smallest absolute Gasteiger partial charge is 0.166 e. The lowest BCUT2D eigenvalue weighted by molar-refractivity contribution is -0.138. The van der Waals surface area contributed by atoms with E-state index in [-0.39, 0.29) is 8.59 Å². The molecule has 0 nitrogen and oxygen atoms in total. The number of halogens is 5. The standard InChI is InChI=1S/C7H3ClF3I/c8-4-1-2-6(12)5(3-4)7(9,10)11/h1-3H. The van der Waals surface area contributed by atoms with Gasteiger partial charge >= 0.3 is 6.18 Å². The second-order valence-corrected chi connectivity index (χ2v) is 3.72. The highest BCUT2D eigenvalue weighted by atomic mass is 127. The summed E-state index contributed by atoms with van der Waals surface area (Å²) in [5.74, 6) is 0. The zero-order valence-electron chi connectivity index (χ0n) is 5.62. The van der Waals surface area contributed by atoms with Crippen molar-refractivity contribution in [1.29, 1.82) is 0 Å². The molecule has 0 aliphatic rings. The van der Waals surface area contributed by atoms with Crippen molar-refractivity contribution in [3.05, 3.63) is 32.4 Å². The van der Waals surface area contributed by atoms with Gasteiger partial charge in [-0.1, -0.05) is 11.6 Å². The Hall–Kier alpha value is 0.0300.